The zero-order valence-electron chi connectivity index (χ0n) is 8.55. The molecule has 1 aromatic rings. The Hall–Kier alpha value is -1.45. The second-order valence-electron chi connectivity index (χ2n) is 3.39. The van der Waals surface area contributed by atoms with E-state index in [1.807, 2.05) is 0 Å². The third-order valence-electron chi connectivity index (χ3n) is 2.36. The highest BCUT2D eigenvalue weighted by molar-refractivity contribution is 5.75. The number of aryl methyl sites for hydroxylation is 1. The third-order valence-corrected chi connectivity index (χ3v) is 2.36. The Balaban J connectivity index is 3.27. The Morgan fingerprint density at radius 1 is 1.47 bits per heavy atom. The predicted molar refractivity (Wildman–Crippen MR) is 51.8 cm³/mol. The Labute approximate surface area is 86.5 Å². The standard InChI is InChI=1S/C11H12F2O2/c1-3-7-4-8(6(2)11(14)15)10(13)9(12)5-7/h4-6H,3H2,1-2H3,(H,14,15). The minimum Gasteiger partial charge on any atom is -0.481 e. The van der Waals surface area contributed by atoms with Gasteiger partial charge < -0.3 is 5.11 Å². The summed E-state index contributed by atoms with van der Waals surface area (Å²) in [6, 6.07) is 2.49. The SMILES string of the molecule is CCc1cc(F)c(F)c(C(C)C(=O)O)c1. The van der Waals surface area contributed by atoms with Crippen LogP contribution in [0.15, 0.2) is 12.1 Å². The first-order chi connectivity index (χ1) is 6.97. The number of rotatable bonds is 3. The highest BCUT2D eigenvalue weighted by Crippen LogP contribution is 2.23. The fourth-order valence-electron chi connectivity index (χ4n) is 1.32. The molecule has 0 aromatic heterocycles. The molecule has 0 saturated heterocycles. The van der Waals surface area contributed by atoms with Gasteiger partial charge in [-0.3, -0.25) is 4.79 Å². The van der Waals surface area contributed by atoms with Gasteiger partial charge >= 0.3 is 5.97 Å². The van der Waals surface area contributed by atoms with E-state index in [1.54, 1.807) is 6.92 Å². The van der Waals surface area contributed by atoms with E-state index >= 15 is 0 Å². The quantitative estimate of drug-likeness (QED) is 0.839. The van der Waals surface area contributed by atoms with Crippen LogP contribution < -0.4 is 0 Å². The number of benzene rings is 1. The first kappa shape index (κ1) is 11.6. The highest BCUT2D eigenvalue weighted by atomic mass is 19.2. The van der Waals surface area contributed by atoms with Gasteiger partial charge in [-0.15, -0.1) is 0 Å². The number of hydrogen-bond donors (Lipinski definition) is 1. The average Bonchev–Trinajstić information content (AvgIpc) is 2.20. The van der Waals surface area contributed by atoms with Crippen molar-refractivity contribution in [3.05, 3.63) is 34.9 Å². The molecule has 1 unspecified atom stereocenters. The topological polar surface area (TPSA) is 37.3 Å². The van der Waals surface area contributed by atoms with Crippen molar-refractivity contribution in [1.82, 2.24) is 0 Å². The van der Waals surface area contributed by atoms with Crippen LogP contribution in [-0.2, 0) is 11.2 Å². The fourth-order valence-corrected chi connectivity index (χ4v) is 1.32. The molecule has 0 aliphatic rings. The third kappa shape index (κ3) is 2.32. The lowest BCUT2D eigenvalue weighted by Crippen LogP contribution is -2.11. The van der Waals surface area contributed by atoms with Gasteiger partial charge in [-0.25, -0.2) is 8.78 Å². The molecule has 4 heteroatoms. The Morgan fingerprint density at radius 2 is 2.07 bits per heavy atom. The molecule has 0 fully saturated rings. The summed E-state index contributed by atoms with van der Waals surface area (Å²) in [7, 11) is 0. The molecule has 0 heterocycles. The van der Waals surface area contributed by atoms with Crippen LogP contribution in [-0.4, -0.2) is 11.1 Å². The van der Waals surface area contributed by atoms with Crippen molar-refractivity contribution in [2.45, 2.75) is 26.2 Å². The normalized spacial score (nSPS) is 12.5. The number of carboxylic acid groups (broad SMARTS) is 1. The van der Waals surface area contributed by atoms with E-state index in [4.69, 9.17) is 5.11 Å². The van der Waals surface area contributed by atoms with Gasteiger partial charge in [0.1, 0.15) is 0 Å². The first-order valence-electron chi connectivity index (χ1n) is 4.68. The van der Waals surface area contributed by atoms with Gasteiger partial charge in [0.15, 0.2) is 11.6 Å². The molecule has 1 rings (SSSR count). The Bertz CT molecular complexity index is 388. The van der Waals surface area contributed by atoms with Crippen molar-refractivity contribution in [1.29, 1.82) is 0 Å². The second kappa shape index (κ2) is 4.38. The van der Waals surface area contributed by atoms with E-state index in [0.29, 0.717) is 12.0 Å². The van der Waals surface area contributed by atoms with Crippen LogP contribution in [0.2, 0.25) is 0 Å². The van der Waals surface area contributed by atoms with Gasteiger partial charge in [0.05, 0.1) is 5.92 Å². The van der Waals surface area contributed by atoms with E-state index in [0.717, 1.165) is 6.07 Å². The van der Waals surface area contributed by atoms with Gasteiger partial charge in [-0.05, 0) is 25.0 Å². The molecule has 0 aliphatic heterocycles. The van der Waals surface area contributed by atoms with Gasteiger partial charge in [0.2, 0.25) is 0 Å². The maximum absolute atomic E-state index is 13.3. The molecular weight excluding hydrogens is 202 g/mol. The predicted octanol–water partition coefficient (Wildman–Crippen LogP) is 2.72. The molecule has 0 aliphatic carbocycles. The van der Waals surface area contributed by atoms with Crippen LogP contribution in [0, 0.1) is 11.6 Å². The lowest BCUT2D eigenvalue weighted by molar-refractivity contribution is -0.138. The largest absolute Gasteiger partial charge is 0.481 e. The molecular formula is C11H12F2O2. The molecule has 15 heavy (non-hydrogen) atoms. The van der Waals surface area contributed by atoms with Crippen molar-refractivity contribution in [3.63, 3.8) is 0 Å². The summed E-state index contributed by atoms with van der Waals surface area (Å²) in [6.45, 7) is 3.13. The minimum absolute atomic E-state index is 0.0978. The van der Waals surface area contributed by atoms with E-state index in [9.17, 15) is 13.6 Å². The number of halogens is 2. The van der Waals surface area contributed by atoms with Gasteiger partial charge in [-0.1, -0.05) is 13.0 Å². The Morgan fingerprint density at radius 3 is 2.53 bits per heavy atom. The summed E-state index contributed by atoms with van der Waals surface area (Å²) in [5.74, 6) is -4.26. The summed E-state index contributed by atoms with van der Waals surface area (Å²) in [6.07, 6.45) is 0.538. The zero-order chi connectivity index (χ0) is 11.6. The molecule has 0 spiro atoms. The number of carbonyl (C=O) groups is 1. The lowest BCUT2D eigenvalue weighted by Gasteiger charge is -2.10. The van der Waals surface area contributed by atoms with Crippen molar-refractivity contribution >= 4 is 5.97 Å². The smallest absolute Gasteiger partial charge is 0.310 e. The highest BCUT2D eigenvalue weighted by Gasteiger charge is 2.20. The van der Waals surface area contributed by atoms with E-state index < -0.39 is 23.5 Å². The first-order valence-corrected chi connectivity index (χ1v) is 4.68. The average molecular weight is 214 g/mol. The van der Waals surface area contributed by atoms with Gasteiger partial charge in [0.25, 0.3) is 0 Å². The summed E-state index contributed by atoms with van der Waals surface area (Å²) < 4.78 is 26.4. The molecule has 82 valence electrons. The minimum atomic E-state index is -1.17. The second-order valence-corrected chi connectivity index (χ2v) is 3.39. The maximum atomic E-state index is 13.3. The van der Waals surface area contributed by atoms with E-state index in [-0.39, 0.29) is 5.56 Å². The van der Waals surface area contributed by atoms with Crippen molar-refractivity contribution in [3.8, 4) is 0 Å². The number of aliphatic carboxylic acids is 1. The summed E-state index contributed by atoms with van der Waals surface area (Å²) in [5.41, 5.74) is 0.497. The summed E-state index contributed by atoms with van der Waals surface area (Å²) >= 11 is 0. The van der Waals surface area contributed by atoms with Crippen LogP contribution in [0.5, 0.6) is 0 Å². The monoisotopic (exact) mass is 214 g/mol. The van der Waals surface area contributed by atoms with Gasteiger partial charge in [-0.2, -0.15) is 0 Å². The van der Waals surface area contributed by atoms with Crippen LogP contribution >= 0.6 is 0 Å². The molecule has 1 aromatic carbocycles. The molecule has 0 radical (unpaired) electrons. The molecule has 1 N–H and O–H groups in total. The molecule has 1 atom stereocenters. The van der Waals surface area contributed by atoms with E-state index in [2.05, 4.69) is 0 Å². The molecule has 2 nitrogen and oxygen atoms in total. The Kier molecular flexibility index (Phi) is 3.39. The van der Waals surface area contributed by atoms with Crippen LogP contribution in [0.3, 0.4) is 0 Å². The van der Waals surface area contributed by atoms with Crippen molar-refractivity contribution in [2.24, 2.45) is 0 Å². The maximum Gasteiger partial charge on any atom is 0.310 e. The fraction of sp³-hybridized carbons (Fsp3) is 0.364. The van der Waals surface area contributed by atoms with Crippen LogP contribution in [0.1, 0.15) is 30.9 Å². The van der Waals surface area contributed by atoms with E-state index in [1.165, 1.54) is 13.0 Å². The molecule has 0 amide bonds. The van der Waals surface area contributed by atoms with Crippen LogP contribution in [0.4, 0.5) is 8.78 Å². The lowest BCUT2D eigenvalue weighted by atomic mass is 9.97. The van der Waals surface area contributed by atoms with Crippen molar-refractivity contribution in [2.75, 3.05) is 0 Å². The number of hydrogen-bond acceptors (Lipinski definition) is 1. The number of carboxylic acids is 1. The summed E-state index contributed by atoms with van der Waals surface area (Å²) in [5, 5.41) is 8.73. The summed E-state index contributed by atoms with van der Waals surface area (Å²) in [4.78, 5) is 10.7. The zero-order valence-corrected chi connectivity index (χ0v) is 8.55. The van der Waals surface area contributed by atoms with Gasteiger partial charge in [0, 0.05) is 5.56 Å². The van der Waals surface area contributed by atoms with Crippen molar-refractivity contribution < 1.29 is 18.7 Å². The van der Waals surface area contributed by atoms with Crippen LogP contribution in [0.25, 0.3) is 0 Å². The molecule has 0 saturated carbocycles. The molecule has 0 bridgehead atoms.